The highest BCUT2D eigenvalue weighted by atomic mass is 19.4. The van der Waals surface area contributed by atoms with Gasteiger partial charge in [0, 0.05) is 5.69 Å². The molecule has 0 fully saturated rings. The first-order valence-electron chi connectivity index (χ1n) is 7.16. The minimum Gasteiger partial charge on any atom is -0.457 e. The number of para-hydroxylation sites is 1. The molecule has 24 heavy (non-hydrogen) atoms. The highest BCUT2D eigenvalue weighted by Crippen LogP contribution is 2.23. The van der Waals surface area contributed by atoms with Crippen molar-refractivity contribution in [3.8, 4) is 11.5 Å². The average molecular weight is 339 g/mol. The fraction of sp³-hybridized carbons (Fsp3) is 0.235. The molecule has 1 unspecified atom stereocenters. The van der Waals surface area contributed by atoms with Crippen LogP contribution in [0, 0.1) is 0 Å². The summed E-state index contributed by atoms with van der Waals surface area (Å²) in [6, 6.07) is 15.6. The Kier molecular flexibility index (Phi) is 5.81. The van der Waals surface area contributed by atoms with Crippen molar-refractivity contribution < 1.29 is 27.4 Å². The lowest BCUT2D eigenvalue weighted by Gasteiger charge is -2.15. The number of anilines is 1. The molecule has 0 spiro atoms. The minimum absolute atomic E-state index is 0.433. The molecule has 7 heteroatoms. The maximum atomic E-state index is 12.1. The third-order valence-electron chi connectivity index (χ3n) is 2.97. The molecule has 0 radical (unpaired) electrons. The Morgan fingerprint density at radius 3 is 2.21 bits per heavy atom. The van der Waals surface area contributed by atoms with Gasteiger partial charge in [0.25, 0.3) is 5.91 Å². The van der Waals surface area contributed by atoms with E-state index in [0.29, 0.717) is 17.2 Å². The summed E-state index contributed by atoms with van der Waals surface area (Å²) in [5.74, 6) is 0.583. The van der Waals surface area contributed by atoms with Gasteiger partial charge in [-0.05, 0) is 43.3 Å². The molecule has 2 aromatic carbocycles. The fourth-order valence-corrected chi connectivity index (χ4v) is 1.77. The van der Waals surface area contributed by atoms with Crippen molar-refractivity contribution in [2.75, 3.05) is 11.9 Å². The van der Waals surface area contributed by atoms with Crippen molar-refractivity contribution in [1.82, 2.24) is 0 Å². The maximum Gasteiger partial charge on any atom is 0.411 e. The monoisotopic (exact) mass is 339 g/mol. The predicted octanol–water partition coefficient (Wildman–Crippen LogP) is 4.38. The number of ether oxygens (including phenoxy) is 2. The van der Waals surface area contributed by atoms with E-state index in [1.54, 1.807) is 36.4 Å². The quantitative estimate of drug-likeness (QED) is 0.849. The molecular weight excluding hydrogens is 323 g/mol. The second-order valence-electron chi connectivity index (χ2n) is 5.00. The van der Waals surface area contributed by atoms with Crippen LogP contribution in [-0.2, 0) is 9.53 Å². The van der Waals surface area contributed by atoms with E-state index < -0.39 is 24.8 Å². The molecule has 1 N–H and O–H groups in total. The Hall–Kier alpha value is -2.54. The van der Waals surface area contributed by atoms with Crippen molar-refractivity contribution >= 4 is 11.6 Å². The maximum absolute atomic E-state index is 12.1. The third-order valence-corrected chi connectivity index (χ3v) is 2.97. The standard InChI is InChI=1S/C17H16F3NO3/c1-12(23-11-17(18,19)20)16(22)21-13-7-9-15(10-8-13)24-14-5-3-2-4-6-14/h2-10,12H,11H2,1H3,(H,21,22). The summed E-state index contributed by atoms with van der Waals surface area (Å²) in [5, 5.41) is 2.48. The molecule has 0 aliphatic carbocycles. The first-order valence-corrected chi connectivity index (χ1v) is 7.16. The van der Waals surface area contributed by atoms with E-state index in [0.717, 1.165) is 0 Å². The summed E-state index contributed by atoms with van der Waals surface area (Å²) < 4.78 is 46.3. The summed E-state index contributed by atoms with van der Waals surface area (Å²) in [4.78, 5) is 11.8. The Labute approximate surface area is 137 Å². The molecule has 128 valence electrons. The van der Waals surface area contributed by atoms with Crippen LogP contribution in [0.25, 0.3) is 0 Å². The van der Waals surface area contributed by atoms with Gasteiger partial charge in [0.05, 0.1) is 0 Å². The van der Waals surface area contributed by atoms with Gasteiger partial charge >= 0.3 is 6.18 Å². The Bertz CT molecular complexity index is 657. The van der Waals surface area contributed by atoms with E-state index >= 15 is 0 Å². The minimum atomic E-state index is -4.47. The van der Waals surface area contributed by atoms with E-state index in [2.05, 4.69) is 10.1 Å². The van der Waals surface area contributed by atoms with Gasteiger partial charge in [-0.3, -0.25) is 4.79 Å². The molecule has 0 aliphatic heterocycles. The van der Waals surface area contributed by atoms with E-state index in [4.69, 9.17) is 4.74 Å². The van der Waals surface area contributed by atoms with Gasteiger partial charge in [0.15, 0.2) is 0 Å². The van der Waals surface area contributed by atoms with Gasteiger partial charge in [-0.15, -0.1) is 0 Å². The summed E-state index contributed by atoms with van der Waals surface area (Å²) in [6.45, 7) is -0.209. The number of hydrogen-bond acceptors (Lipinski definition) is 3. The second-order valence-corrected chi connectivity index (χ2v) is 5.00. The number of alkyl halides is 3. The van der Waals surface area contributed by atoms with Crippen molar-refractivity contribution in [2.45, 2.75) is 19.2 Å². The van der Waals surface area contributed by atoms with E-state index in [-0.39, 0.29) is 0 Å². The Morgan fingerprint density at radius 1 is 1.04 bits per heavy atom. The lowest BCUT2D eigenvalue weighted by atomic mass is 10.2. The molecule has 4 nitrogen and oxygen atoms in total. The Morgan fingerprint density at radius 2 is 1.62 bits per heavy atom. The SMILES string of the molecule is CC(OCC(F)(F)F)C(=O)Nc1ccc(Oc2ccccc2)cc1. The van der Waals surface area contributed by atoms with Crippen LogP contribution < -0.4 is 10.1 Å². The molecule has 0 aromatic heterocycles. The highest BCUT2D eigenvalue weighted by molar-refractivity contribution is 5.93. The van der Waals surface area contributed by atoms with Gasteiger partial charge in [-0.2, -0.15) is 13.2 Å². The van der Waals surface area contributed by atoms with Gasteiger partial charge in [-0.1, -0.05) is 18.2 Å². The van der Waals surface area contributed by atoms with Gasteiger partial charge in [-0.25, -0.2) is 0 Å². The summed E-state index contributed by atoms with van der Waals surface area (Å²) in [7, 11) is 0. The summed E-state index contributed by atoms with van der Waals surface area (Å²) in [6.07, 6.45) is -5.68. The third kappa shape index (κ3) is 5.92. The summed E-state index contributed by atoms with van der Waals surface area (Å²) in [5.41, 5.74) is 0.433. The zero-order valence-corrected chi connectivity index (χ0v) is 12.8. The summed E-state index contributed by atoms with van der Waals surface area (Å²) >= 11 is 0. The zero-order valence-electron chi connectivity index (χ0n) is 12.8. The largest absolute Gasteiger partial charge is 0.457 e. The second kappa shape index (κ2) is 7.83. The molecule has 1 amide bonds. The van der Waals surface area contributed by atoms with Crippen LogP contribution in [0.5, 0.6) is 11.5 Å². The number of nitrogens with one attached hydrogen (secondary N) is 1. The molecule has 2 aromatic rings. The van der Waals surface area contributed by atoms with Crippen LogP contribution in [0.2, 0.25) is 0 Å². The Balaban J connectivity index is 1.88. The van der Waals surface area contributed by atoms with Gasteiger partial charge in [0.2, 0.25) is 0 Å². The lowest BCUT2D eigenvalue weighted by Crippen LogP contribution is -2.31. The average Bonchev–Trinajstić information content (AvgIpc) is 2.54. The van der Waals surface area contributed by atoms with E-state index in [1.807, 2.05) is 18.2 Å². The van der Waals surface area contributed by atoms with Crippen LogP contribution in [-0.4, -0.2) is 24.8 Å². The first-order chi connectivity index (χ1) is 11.3. The molecule has 2 rings (SSSR count). The number of benzene rings is 2. The molecule has 1 atom stereocenters. The van der Waals surface area contributed by atoms with E-state index in [9.17, 15) is 18.0 Å². The normalized spacial score (nSPS) is 12.5. The zero-order chi connectivity index (χ0) is 17.6. The first kappa shape index (κ1) is 17.8. The van der Waals surface area contributed by atoms with Crippen LogP contribution >= 0.6 is 0 Å². The lowest BCUT2D eigenvalue weighted by molar-refractivity contribution is -0.184. The van der Waals surface area contributed by atoms with Crippen molar-refractivity contribution in [3.63, 3.8) is 0 Å². The number of carbonyl (C=O) groups is 1. The van der Waals surface area contributed by atoms with Crippen molar-refractivity contribution in [2.24, 2.45) is 0 Å². The van der Waals surface area contributed by atoms with E-state index in [1.165, 1.54) is 6.92 Å². The molecule has 0 aliphatic rings. The van der Waals surface area contributed by atoms with Crippen LogP contribution in [0.3, 0.4) is 0 Å². The topological polar surface area (TPSA) is 47.6 Å². The molecule has 0 saturated heterocycles. The van der Waals surface area contributed by atoms with Crippen LogP contribution in [0.4, 0.5) is 18.9 Å². The van der Waals surface area contributed by atoms with Crippen molar-refractivity contribution in [1.29, 1.82) is 0 Å². The predicted molar refractivity (Wildman–Crippen MR) is 83.1 cm³/mol. The highest BCUT2D eigenvalue weighted by Gasteiger charge is 2.29. The van der Waals surface area contributed by atoms with Crippen LogP contribution in [0.15, 0.2) is 54.6 Å². The van der Waals surface area contributed by atoms with Gasteiger partial charge < -0.3 is 14.8 Å². The molecule has 0 saturated carbocycles. The number of carbonyl (C=O) groups excluding carboxylic acids is 1. The molecule has 0 bridgehead atoms. The number of rotatable bonds is 6. The molecule has 0 heterocycles. The number of halogens is 3. The smallest absolute Gasteiger partial charge is 0.411 e. The number of hydrogen-bond donors (Lipinski definition) is 1. The number of amides is 1. The van der Waals surface area contributed by atoms with Gasteiger partial charge in [0.1, 0.15) is 24.2 Å². The van der Waals surface area contributed by atoms with Crippen molar-refractivity contribution in [3.05, 3.63) is 54.6 Å². The fourth-order valence-electron chi connectivity index (χ4n) is 1.77. The van der Waals surface area contributed by atoms with Crippen LogP contribution in [0.1, 0.15) is 6.92 Å². The molecular formula is C17H16F3NO3.